The molecule has 0 aromatic heterocycles. The largest absolute Gasteiger partial charge is 0.314 e. The van der Waals surface area contributed by atoms with Crippen LogP contribution in [0.4, 0.5) is 0 Å². The monoisotopic (exact) mass is 243 g/mol. The van der Waals surface area contributed by atoms with Gasteiger partial charge >= 0.3 is 0 Å². The minimum absolute atomic E-state index is 0.395. The van der Waals surface area contributed by atoms with Gasteiger partial charge in [-0.3, -0.25) is 4.90 Å². The van der Waals surface area contributed by atoms with Gasteiger partial charge in [-0.1, -0.05) is 24.3 Å². The average Bonchev–Trinajstić information content (AvgIpc) is 2.40. The van der Waals surface area contributed by atoms with Crippen molar-refractivity contribution in [3.8, 4) is 6.07 Å². The van der Waals surface area contributed by atoms with Crippen molar-refractivity contribution in [3.63, 3.8) is 0 Å². The van der Waals surface area contributed by atoms with Crippen LogP contribution >= 0.6 is 0 Å². The molecule has 1 aliphatic rings. The predicted octanol–water partition coefficient (Wildman–Crippen LogP) is 1.89. The first-order valence-electron chi connectivity index (χ1n) is 6.55. The van der Waals surface area contributed by atoms with Crippen LogP contribution in [0.3, 0.4) is 0 Å². The molecule has 2 rings (SSSR count). The summed E-state index contributed by atoms with van der Waals surface area (Å²) in [5.74, 6) is 0. The first-order chi connectivity index (χ1) is 8.62. The fourth-order valence-corrected chi connectivity index (χ4v) is 2.22. The number of piperazine rings is 1. The number of nitriles is 1. The molecular weight excluding hydrogens is 222 g/mol. The highest BCUT2D eigenvalue weighted by Gasteiger charge is 2.19. The second-order valence-electron chi connectivity index (χ2n) is 5.46. The molecule has 96 valence electrons. The zero-order chi connectivity index (χ0) is 13.0. The van der Waals surface area contributed by atoms with Gasteiger partial charge in [0.15, 0.2) is 0 Å². The molecule has 1 heterocycles. The van der Waals surface area contributed by atoms with Gasteiger partial charge in [0.25, 0.3) is 0 Å². The molecule has 3 nitrogen and oxygen atoms in total. The molecule has 0 radical (unpaired) electrons. The SMILES string of the molecule is CC(C)(C#N)c1ccc(CN2CCNCC2)cc1. The minimum atomic E-state index is -0.395. The Bertz CT molecular complexity index is 422. The van der Waals surface area contributed by atoms with Crippen LogP contribution in [0.25, 0.3) is 0 Å². The lowest BCUT2D eigenvalue weighted by Gasteiger charge is -2.27. The molecule has 1 saturated heterocycles. The van der Waals surface area contributed by atoms with Gasteiger partial charge in [0.1, 0.15) is 0 Å². The second-order valence-corrected chi connectivity index (χ2v) is 5.46. The van der Waals surface area contributed by atoms with Gasteiger partial charge in [-0.2, -0.15) is 5.26 Å². The summed E-state index contributed by atoms with van der Waals surface area (Å²) in [6.07, 6.45) is 0. The first kappa shape index (κ1) is 13.1. The standard InChI is InChI=1S/C15H21N3/c1-15(2,12-16)14-5-3-13(4-6-14)11-18-9-7-17-8-10-18/h3-6,17H,7-11H2,1-2H3. The highest BCUT2D eigenvalue weighted by atomic mass is 15.2. The van der Waals surface area contributed by atoms with Crippen molar-refractivity contribution in [2.24, 2.45) is 0 Å². The van der Waals surface area contributed by atoms with E-state index in [1.165, 1.54) is 5.56 Å². The number of nitrogens with zero attached hydrogens (tertiary/aromatic N) is 2. The molecular formula is C15H21N3. The van der Waals surface area contributed by atoms with Crippen molar-refractivity contribution in [1.29, 1.82) is 5.26 Å². The van der Waals surface area contributed by atoms with Crippen molar-refractivity contribution in [2.45, 2.75) is 25.8 Å². The van der Waals surface area contributed by atoms with Crippen LogP contribution in [0, 0.1) is 11.3 Å². The normalized spacial score (nSPS) is 17.4. The van der Waals surface area contributed by atoms with E-state index in [4.69, 9.17) is 5.26 Å². The van der Waals surface area contributed by atoms with Gasteiger partial charge in [-0.25, -0.2) is 0 Å². The average molecular weight is 243 g/mol. The Morgan fingerprint density at radius 3 is 2.39 bits per heavy atom. The van der Waals surface area contributed by atoms with Crippen LogP contribution in [0.1, 0.15) is 25.0 Å². The minimum Gasteiger partial charge on any atom is -0.314 e. The van der Waals surface area contributed by atoms with E-state index >= 15 is 0 Å². The van der Waals surface area contributed by atoms with E-state index in [0.29, 0.717) is 0 Å². The molecule has 0 saturated carbocycles. The van der Waals surface area contributed by atoms with E-state index in [1.54, 1.807) is 0 Å². The molecule has 0 aliphatic carbocycles. The van der Waals surface area contributed by atoms with E-state index in [0.717, 1.165) is 38.3 Å². The molecule has 1 aliphatic heterocycles. The Hall–Kier alpha value is -1.37. The van der Waals surface area contributed by atoms with Crippen LogP contribution in [-0.2, 0) is 12.0 Å². The molecule has 0 atom stereocenters. The number of rotatable bonds is 3. The molecule has 0 amide bonds. The topological polar surface area (TPSA) is 39.1 Å². The molecule has 1 aromatic rings. The van der Waals surface area contributed by atoms with Crippen molar-refractivity contribution < 1.29 is 0 Å². The van der Waals surface area contributed by atoms with Crippen molar-refractivity contribution in [3.05, 3.63) is 35.4 Å². The summed E-state index contributed by atoms with van der Waals surface area (Å²) in [6, 6.07) is 10.8. The smallest absolute Gasteiger partial charge is 0.0766 e. The maximum atomic E-state index is 9.11. The molecule has 1 aromatic carbocycles. The van der Waals surface area contributed by atoms with Gasteiger partial charge in [0.2, 0.25) is 0 Å². The molecule has 1 N–H and O–H groups in total. The lowest BCUT2D eigenvalue weighted by atomic mass is 9.86. The third-order valence-corrected chi connectivity index (χ3v) is 3.57. The summed E-state index contributed by atoms with van der Waals surface area (Å²) in [4.78, 5) is 2.46. The Morgan fingerprint density at radius 2 is 1.83 bits per heavy atom. The summed E-state index contributed by atoms with van der Waals surface area (Å²) >= 11 is 0. The van der Waals surface area contributed by atoms with Crippen molar-refractivity contribution in [2.75, 3.05) is 26.2 Å². The molecule has 3 heteroatoms. The van der Waals surface area contributed by atoms with Gasteiger partial charge in [-0.15, -0.1) is 0 Å². The Morgan fingerprint density at radius 1 is 1.22 bits per heavy atom. The predicted molar refractivity (Wildman–Crippen MR) is 73.2 cm³/mol. The molecule has 18 heavy (non-hydrogen) atoms. The van der Waals surface area contributed by atoms with E-state index < -0.39 is 5.41 Å². The maximum Gasteiger partial charge on any atom is 0.0766 e. The summed E-state index contributed by atoms with van der Waals surface area (Å²) in [7, 11) is 0. The maximum absolute atomic E-state index is 9.11. The highest BCUT2D eigenvalue weighted by Crippen LogP contribution is 2.22. The van der Waals surface area contributed by atoms with Crippen LogP contribution in [0.2, 0.25) is 0 Å². The lowest BCUT2D eigenvalue weighted by molar-refractivity contribution is 0.233. The van der Waals surface area contributed by atoms with Crippen molar-refractivity contribution in [1.82, 2.24) is 10.2 Å². The first-order valence-corrected chi connectivity index (χ1v) is 6.55. The number of benzene rings is 1. The Balaban J connectivity index is 2.01. The number of nitrogens with one attached hydrogen (secondary N) is 1. The van der Waals surface area contributed by atoms with Gasteiger partial charge < -0.3 is 5.32 Å². The molecule has 1 fully saturated rings. The van der Waals surface area contributed by atoms with Crippen LogP contribution in [-0.4, -0.2) is 31.1 Å². The summed E-state index contributed by atoms with van der Waals surface area (Å²) in [6.45, 7) is 9.32. The zero-order valence-electron chi connectivity index (χ0n) is 11.2. The van der Waals surface area contributed by atoms with Crippen LogP contribution < -0.4 is 5.32 Å². The molecule has 0 bridgehead atoms. The van der Waals surface area contributed by atoms with Gasteiger partial charge in [0, 0.05) is 32.7 Å². The third kappa shape index (κ3) is 3.10. The fourth-order valence-electron chi connectivity index (χ4n) is 2.22. The zero-order valence-corrected chi connectivity index (χ0v) is 11.2. The van der Waals surface area contributed by atoms with Crippen LogP contribution in [0.15, 0.2) is 24.3 Å². The van der Waals surface area contributed by atoms with Crippen molar-refractivity contribution >= 4 is 0 Å². The molecule has 0 spiro atoms. The van der Waals surface area contributed by atoms with Gasteiger partial charge in [-0.05, 0) is 25.0 Å². The number of hydrogen-bond donors (Lipinski definition) is 1. The van der Waals surface area contributed by atoms with E-state index in [2.05, 4.69) is 40.6 Å². The second kappa shape index (κ2) is 5.51. The Labute approximate surface area is 109 Å². The molecule has 0 unspecified atom stereocenters. The fraction of sp³-hybridized carbons (Fsp3) is 0.533. The van der Waals surface area contributed by atoms with E-state index in [1.807, 2.05) is 13.8 Å². The van der Waals surface area contributed by atoms with E-state index in [9.17, 15) is 0 Å². The highest BCUT2D eigenvalue weighted by molar-refractivity contribution is 5.32. The number of hydrogen-bond acceptors (Lipinski definition) is 3. The summed E-state index contributed by atoms with van der Waals surface area (Å²) in [5, 5.41) is 12.5. The third-order valence-electron chi connectivity index (χ3n) is 3.57. The van der Waals surface area contributed by atoms with Crippen LogP contribution in [0.5, 0.6) is 0 Å². The van der Waals surface area contributed by atoms with E-state index in [-0.39, 0.29) is 0 Å². The summed E-state index contributed by atoms with van der Waals surface area (Å²) in [5.41, 5.74) is 2.02. The quantitative estimate of drug-likeness (QED) is 0.881. The Kier molecular flexibility index (Phi) is 4.00. The van der Waals surface area contributed by atoms with Gasteiger partial charge in [0.05, 0.1) is 11.5 Å². The lowest BCUT2D eigenvalue weighted by Crippen LogP contribution is -2.42. The summed E-state index contributed by atoms with van der Waals surface area (Å²) < 4.78 is 0.